The molecular weight excluding hydrogens is 220 g/mol. The highest BCUT2D eigenvalue weighted by Gasteiger charge is 2.05. The Balaban J connectivity index is 3.00. The summed E-state index contributed by atoms with van der Waals surface area (Å²) >= 11 is 5.31. The molecule has 0 aliphatic carbocycles. The van der Waals surface area contributed by atoms with Crippen LogP contribution in [0.15, 0.2) is 41.7 Å². The Morgan fingerprint density at radius 1 is 1.44 bits per heavy atom. The first-order chi connectivity index (χ1) is 7.66. The van der Waals surface area contributed by atoms with E-state index in [1.165, 1.54) is 0 Å². The molecule has 1 heterocycles. The van der Waals surface area contributed by atoms with Gasteiger partial charge in [0.15, 0.2) is 0 Å². The monoisotopic (exact) mass is 232 g/mol. The van der Waals surface area contributed by atoms with E-state index in [0.717, 1.165) is 10.9 Å². The van der Waals surface area contributed by atoms with Gasteiger partial charge in [-0.05, 0) is 12.1 Å². The van der Waals surface area contributed by atoms with Crippen LogP contribution in [-0.2, 0) is 13.6 Å². The van der Waals surface area contributed by atoms with Crippen molar-refractivity contribution >= 4 is 23.1 Å². The van der Waals surface area contributed by atoms with Gasteiger partial charge in [0, 0.05) is 19.0 Å². The number of aromatic nitrogens is 2. The van der Waals surface area contributed by atoms with Crippen LogP contribution in [0.1, 0.15) is 0 Å². The van der Waals surface area contributed by atoms with E-state index >= 15 is 0 Å². The predicted molar refractivity (Wildman–Crippen MR) is 68.2 cm³/mol. The first kappa shape index (κ1) is 10.8. The number of aryl methyl sites for hydroxylation is 1. The molecule has 2 aromatic rings. The van der Waals surface area contributed by atoms with Gasteiger partial charge in [0.25, 0.3) is 0 Å². The maximum absolute atomic E-state index is 12.0. The van der Waals surface area contributed by atoms with Crippen molar-refractivity contribution in [2.75, 3.05) is 0 Å². The van der Waals surface area contributed by atoms with Crippen molar-refractivity contribution in [1.29, 1.82) is 0 Å². The number of para-hydroxylation sites is 1. The largest absolute Gasteiger partial charge is 0.329 e. The molecule has 0 radical (unpaired) electrons. The number of fused-ring (bicyclic) bond motifs is 1. The molecule has 0 unspecified atom stereocenters. The Labute approximate surface area is 98.3 Å². The molecule has 0 saturated heterocycles. The summed E-state index contributed by atoms with van der Waals surface area (Å²) in [5.41, 5.74) is 0.751. The minimum absolute atomic E-state index is 0.108. The van der Waals surface area contributed by atoms with Crippen LogP contribution in [-0.4, -0.2) is 9.13 Å². The Kier molecular flexibility index (Phi) is 2.75. The van der Waals surface area contributed by atoms with Crippen molar-refractivity contribution in [3.63, 3.8) is 0 Å². The zero-order valence-corrected chi connectivity index (χ0v) is 9.83. The van der Waals surface area contributed by atoms with E-state index in [-0.39, 0.29) is 5.69 Å². The second-order valence-electron chi connectivity index (χ2n) is 3.56. The van der Waals surface area contributed by atoms with Crippen molar-refractivity contribution in [2.24, 2.45) is 7.05 Å². The standard InChI is InChI=1S/C12H12N2OS/c1-3-8-14-11(16)9-6-4-5-7-10(9)13(2)12(14)15/h3-7H,1,8H2,2H3. The highest BCUT2D eigenvalue weighted by molar-refractivity contribution is 7.71. The van der Waals surface area contributed by atoms with E-state index in [1.807, 2.05) is 24.3 Å². The highest BCUT2D eigenvalue weighted by Crippen LogP contribution is 2.12. The molecule has 0 fully saturated rings. The number of hydrogen-bond acceptors (Lipinski definition) is 2. The highest BCUT2D eigenvalue weighted by atomic mass is 32.1. The number of nitrogens with zero attached hydrogens (tertiary/aromatic N) is 2. The summed E-state index contributed by atoms with van der Waals surface area (Å²) in [6.45, 7) is 4.07. The van der Waals surface area contributed by atoms with Crippen LogP contribution in [0, 0.1) is 4.64 Å². The van der Waals surface area contributed by atoms with Crippen LogP contribution < -0.4 is 5.69 Å². The molecular formula is C12H12N2OS. The van der Waals surface area contributed by atoms with Crippen LogP contribution in [0.3, 0.4) is 0 Å². The molecule has 16 heavy (non-hydrogen) atoms. The van der Waals surface area contributed by atoms with Gasteiger partial charge in [-0.3, -0.25) is 9.13 Å². The topological polar surface area (TPSA) is 26.9 Å². The van der Waals surface area contributed by atoms with Gasteiger partial charge in [0.05, 0.1) is 5.52 Å². The van der Waals surface area contributed by atoms with E-state index in [4.69, 9.17) is 12.2 Å². The smallest absolute Gasteiger partial charge is 0.296 e. The van der Waals surface area contributed by atoms with Crippen molar-refractivity contribution in [3.8, 4) is 0 Å². The van der Waals surface area contributed by atoms with Gasteiger partial charge in [-0.15, -0.1) is 6.58 Å². The first-order valence-corrected chi connectivity index (χ1v) is 5.37. The summed E-state index contributed by atoms with van der Waals surface area (Å²) in [6, 6.07) is 7.64. The van der Waals surface area contributed by atoms with E-state index in [1.54, 1.807) is 22.3 Å². The van der Waals surface area contributed by atoms with Crippen molar-refractivity contribution in [3.05, 3.63) is 52.0 Å². The van der Waals surface area contributed by atoms with Crippen LogP contribution in [0.25, 0.3) is 10.9 Å². The van der Waals surface area contributed by atoms with Gasteiger partial charge in [-0.1, -0.05) is 30.4 Å². The van der Waals surface area contributed by atoms with Crippen molar-refractivity contribution in [2.45, 2.75) is 6.54 Å². The summed E-state index contributed by atoms with van der Waals surface area (Å²) in [5.74, 6) is 0. The summed E-state index contributed by atoms with van der Waals surface area (Å²) in [4.78, 5) is 12.0. The van der Waals surface area contributed by atoms with Crippen molar-refractivity contribution in [1.82, 2.24) is 9.13 Å². The second kappa shape index (κ2) is 4.06. The van der Waals surface area contributed by atoms with Crippen LogP contribution >= 0.6 is 12.2 Å². The quantitative estimate of drug-likeness (QED) is 0.586. The maximum Gasteiger partial charge on any atom is 0.329 e. The zero-order chi connectivity index (χ0) is 11.7. The Hall–Kier alpha value is -1.68. The third-order valence-corrected chi connectivity index (χ3v) is 3.01. The van der Waals surface area contributed by atoms with Crippen LogP contribution in [0.2, 0.25) is 0 Å². The number of hydrogen-bond donors (Lipinski definition) is 0. The molecule has 0 aliphatic heterocycles. The molecule has 0 aliphatic rings. The molecule has 1 aromatic carbocycles. The second-order valence-corrected chi connectivity index (χ2v) is 3.95. The molecule has 1 aromatic heterocycles. The van der Waals surface area contributed by atoms with Gasteiger partial charge in [-0.2, -0.15) is 0 Å². The zero-order valence-electron chi connectivity index (χ0n) is 9.01. The Morgan fingerprint density at radius 3 is 2.81 bits per heavy atom. The molecule has 0 saturated carbocycles. The van der Waals surface area contributed by atoms with Crippen molar-refractivity contribution < 1.29 is 0 Å². The molecule has 0 spiro atoms. The lowest BCUT2D eigenvalue weighted by Crippen LogP contribution is -2.29. The maximum atomic E-state index is 12.0. The fourth-order valence-corrected chi connectivity index (χ4v) is 2.08. The lowest BCUT2D eigenvalue weighted by atomic mass is 10.2. The lowest BCUT2D eigenvalue weighted by molar-refractivity contribution is 0.684. The first-order valence-electron chi connectivity index (χ1n) is 4.96. The predicted octanol–water partition coefficient (Wildman–Crippen LogP) is 2.26. The summed E-state index contributed by atoms with van der Waals surface area (Å²) in [5, 5.41) is 0.918. The lowest BCUT2D eigenvalue weighted by Gasteiger charge is -2.10. The fraction of sp³-hybridized carbons (Fsp3) is 0.167. The van der Waals surface area contributed by atoms with Gasteiger partial charge in [-0.25, -0.2) is 4.79 Å². The minimum Gasteiger partial charge on any atom is -0.296 e. The molecule has 0 amide bonds. The number of rotatable bonds is 2. The molecule has 2 rings (SSSR count). The van der Waals surface area contributed by atoms with E-state index in [0.29, 0.717) is 11.2 Å². The summed E-state index contributed by atoms with van der Waals surface area (Å²) < 4.78 is 3.72. The van der Waals surface area contributed by atoms with Crippen LogP contribution in [0.5, 0.6) is 0 Å². The summed E-state index contributed by atoms with van der Waals surface area (Å²) in [6.07, 6.45) is 1.67. The van der Waals surface area contributed by atoms with E-state index in [2.05, 4.69) is 6.58 Å². The van der Waals surface area contributed by atoms with E-state index < -0.39 is 0 Å². The van der Waals surface area contributed by atoms with Gasteiger partial charge >= 0.3 is 5.69 Å². The molecule has 0 bridgehead atoms. The SMILES string of the molecule is C=CCn1c(=S)c2ccccc2n(C)c1=O. The average molecular weight is 232 g/mol. The van der Waals surface area contributed by atoms with Gasteiger partial charge in [0.2, 0.25) is 0 Å². The van der Waals surface area contributed by atoms with Gasteiger partial charge < -0.3 is 0 Å². The molecule has 0 N–H and O–H groups in total. The minimum atomic E-state index is -0.108. The molecule has 4 heteroatoms. The molecule has 3 nitrogen and oxygen atoms in total. The number of benzene rings is 1. The summed E-state index contributed by atoms with van der Waals surface area (Å²) in [7, 11) is 1.75. The third kappa shape index (κ3) is 1.51. The van der Waals surface area contributed by atoms with Gasteiger partial charge in [0.1, 0.15) is 4.64 Å². The Morgan fingerprint density at radius 2 is 2.12 bits per heavy atom. The third-order valence-electron chi connectivity index (χ3n) is 2.57. The van der Waals surface area contributed by atoms with E-state index in [9.17, 15) is 4.79 Å². The average Bonchev–Trinajstić information content (AvgIpc) is 2.32. The fourth-order valence-electron chi connectivity index (χ4n) is 1.75. The van der Waals surface area contributed by atoms with Crippen LogP contribution in [0.4, 0.5) is 0 Å². The molecule has 0 atom stereocenters. The number of allylic oxidation sites excluding steroid dienone is 1. The Bertz CT molecular complexity index is 667. The molecule has 82 valence electrons. The normalized spacial score (nSPS) is 10.6.